The number of nitrogens with zero attached hydrogens (tertiary/aromatic N) is 1. The Balaban J connectivity index is 2.05. The molecule has 0 bridgehead atoms. The molecule has 1 aliphatic heterocycles. The van der Waals surface area contributed by atoms with Crippen LogP contribution in [0.25, 0.3) is 0 Å². The smallest absolute Gasteiger partial charge is 0.126 e. The van der Waals surface area contributed by atoms with E-state index in [0.717, 1.165) is 18.1 Å². The van der Waals surface area contributed by atoms with Crippen molar-refractivity contribution in [1.29, 1.82) is 0 Å². The highest BCUT2D eigenvalue weighted by Crippen LogP contribution is 2.21. The second-order valence-corrected chi connectivity index (χ2v) is 6.31. The molecule has 2 rings (SSSR count). The molecule has 2 atom stereocenters. The molecule has 0 aromatic heterocycles. The van der Waals surface area contributed by atoms with Crippen LogP contribution in [-0.2, 0) is 6.42 Å². The highest BCUT2D eigenvalue weighted by molar-refractivity contribution is 7.99. The predicted molar refractivity (Wildman–Crippen MR) is 76.8 cm³/mol. The molecule has 0 amide bonds. The summed E-state index contributed by atoms with van der Waals surface area (Å²) in [6, 6.07) is 4.89. The first-order valence-corrected chi connectivity index (χ1v) is 7.58. The first-order chi connectivity index (χ1) is 8.58. The number of thioether (sulfide) groups is 1. The molecule has 5 heteroatoms. The normalized spacial score (nSPS) is 23.0. The number of rotatable bonds is 3. The Hall–Kier alpha value is -0.290. The van der Waals surface area contributed by atoms with Gasteiger partial charge in [-0.1, -0.05) is 11.6 Å². The molecule has 2 N–H and O–H groups in total. The topological polar surface area (TPSA) is 29.3 Å². The largest absolute Gasteiger partial charge is 0.326 e. The van der Waals surface area contributed by atoms with Crippen molar-refractivity contribution in [2.75, 3.05) is 25.1 Å². The highest BCUT2D eigenvalue weighted by Gasteiger charge is 2.26. The molecule has 0 radical (unpaired) electrons. The molecular formula is C13H18ClFN2S. The molecule has 1 aliphatic rings. The van der Waals surface area contributed by atoms with E-state index in [-0.39, 0.29) is 11.9 Å². The molecule has 1 saturated heterocycles. The zero-order chi connectivity index (χ0) is 13.1. The minimum absolute atomic E-state index is 0.0595. The molecular weight excluding hydrogens is 271 g/mol. The zero-order valence-electron chi connectivity index (χ0n) is 10.4. The van der Waals surface area contributed by atoms with Gasteiger partial charge >= 0.3 is 0 Å². The SMILES string of the molecule is CN1CCSCC1C(N)Cc1cc(Cl)ccc1F. The quantitative estimate of drug-likeness (QED) is 0.926. The van der Waals surface area contributed by atoms with Crippen LogP contribution in [0, 0.1) is 5.82 Å². The molecule has 0 spiro atoms. The van der Waals surface area contributed by atoms with Crippen LogP contribution in [-0.4, -0.2) is 42.1 Å². The minimum atomic E-state index is -0.221. The zero-order valence-corrected chi connectivity index (χ0v) is 12.0. The number of nitrogens with two attached hydrogens (primary N) is 1. The van der Waals surface area contributed by atoms with Crippen molar-refractivity contribution in [1.82, 2.24) is 4.90 Å². The minimum Gasteiger partial charge on any atom is -0.326 e. The van der Waals surface area contributed by atoms with Gasteiger partial charge in [0.15, 0.2) is 0 Å². The van der Waals surface area contributed by atoms with E-state index in [1.807, 2.05) is 11.8 Å². The summed E-state index contributed by atoms with van der Waals surface area (Å²) in [4.78, 5) is 2.27. The number of likely N-dealkylation sites (N-methyl/N-ethyl adjacent to an activating group) is 1. The molecule has 1 heterocycles. The first-order valence-electron chi connectivity index (χ1n) is 6.05. The maximum absolute atomic E-state index is 13.7. The number of halogens is 2. The molecule has 1 aromatic rings. The Morgan fingerprint density at radius 1 is 1.61 bits per heavy atom. The van der Waals surface area contributed by atoms with E-state index >= 15 is 0 Å². The summed E-state index contributed by atoms with van der Waals surface area (Å²) in [5.41, 5.74) is 6.84. The number of hydrogen-bond acceptors (Lipinski definition) is 3. The van der Waals surface area contributed by atoms with Crippen LogP contribution in [0.2, 0.25) is 5.02 Å². The lowest BCUT2D eigenvalue weighted by Crippen LogP contribution is -2.51. The van der Waals surface area contributed by atoms with Crippen LogP contribution in [0.3, 0.4) is 0 Å². The first kappa shape index (κ1) is 14.1. The van der Waals surface area contributed by atoms with Gasteiger partial charge in [-0.05, 0) is 37.2 Å². The third kappa shape index (κ3) is 3.38. The molecule has 18 heavy (non-hydrogen) atoms. The summed E-state index contributed by atoms with van der Waals surface area (Å²) in [7, 11) is 2.08. The molecule has 1 fully saturated rings. The molecule has 2 nitrogen and oxygen atoms in total. The van der Waals surface area contributed by atoms with Gasteiger partial charge in [0.1, 0.15) is 5.82 Å². The average molecular weight is 289 g/mol. The van der Waals surface area contributed by atoms with Crippen LogP contribution in [0.15, 0.2) is 18.2 Å². The average Bonchev–Trinajstić information content (AvgIpc) is 2.34. The molecule has 0 saturated carbocycles. The maximum Gasteiger partial charge on any atom is 0.126 e. The van der Waals surface area contributed by atoms with Crippen LogP contribution in [0.4, 0.5) is 4.39 Å². The second kappa shape index (κ2) is 6.24. The van der Waals surface area contributed by atoms with Gasteiger partial charge in [-0.2, -0.15) is 11.8 Å². The van der Waals surface area contributed by atoms with E-state index in [1.165, 1.54) is 6.07 Å². The predicted octanol–water partition coefficient (Wildman–Crippen LogP) is 2.40. The fraction of sp³-hybridized carbons (Fsp3) is 0.538. The van der Waals surface area contributed by atoms with Gasteiger partial charge in [0.05, 0.1) is 0 Å². The standard InChI is InChI=1S/C13H18ClFN2S/c1-17-4-5-18-8-13(17)12(16)7-9-6-10(14)2-3-11(9)15/h2-3,6,12-13H,4-5,7-8,16H2,1H3. The second-order valence-electron chi connectivity index (χ2n) is 4.73. The Labute approximate surface area is 117 Å². The van der Waals surface area contributed by atoms with Crippen LogP contribution >= 0.6 is 23.4 Å². The summed E-state index contributed by atoms with van der Waals surface area (Å²) in [5, 5.41) is 0.560. The van der Waals surface area contributed by atoms with Crippen molar-refractivity contribution in [3.63, 3.8) is 0 Å². The Morgan fingerprint density at radius 3 is 3.11 bits per heavy atom. The third-order valence-electron chi connectivity index (χ3n) is 3.40. The van der Waals surface area contributed by atoms with E-state index in [1.54, 1.807) is 12.1 Å². The molecule has 0 aliphatic carbocycles. The molecule has 2 unspecified atom stereocenters. The van der Waals surface area contributed by atoms with Crippen molar-refractivity contribution < 1.29 is 4.39 Å². The van der Waals surface area contributed by atoms with E-state index in [0.29, 0.717) is 23.0 Å². The van der Waals surface area contributed by atoms with Crippen LogP contribution in [0.5, 0.6) is 0 Å². The van der Waals surface area contributed by atoms with Crippen molar-refractivity contribution in [2.24, 2.45) is 5.73 Å². The lowest BCUT2D eigenvalue weighted by Gasteiger charge is -2.36. The van der Waals surface area contributed by atoms with Gasteiger partial charge in [-0.15, -0.1) is 0 Å². The fourth-order valence-electron chi connectivity index (χ4n) is 2.25. The number of hydrogen-bond donors (Lipinski definition) is 1. The maximum atomic E-state index is 13.7. The van der Waals surface area contributed by atoms with Crippen molar-refractivity contribution in [3.8, 4) is 0 Å². The lowest BCUT2D eigenvalue weighted by molar-refractivity contribution is 0.234. The van der Waals surface area contributed by atoms with Crippen LogP contribution < -0.4 is 5.73 Å². The van der Waals surface area contributed by atoms with Gasteiger partial charge in [-0.25, -0.2) is 4.39 Å². The van der Waals surface area contributed by atoms with Gasteiger partial charge in [-0.3, -0.25) is 0 Å². The summed E-state index contributed by atoms with van der Waals surface area (Å²) < 4.78 is 13.7. The Kier molecular flexibility index (Phi) is 4.90. The van der Waals surface area contributed by atoms with Gasteiger partial charge in [0.25, 0.3) is 0 Å². The van der Waals surface area contributed by atoms with E-state index in [2.05, 4.69) is 11.9 Å². The van der Waals surface area contributed by atoms with Crippen molar-refractivity contribution in [2.45, 2.75) is 18.5 Å². The molecule has 100 valence electrons. The summed E-state index contributed by atoms with van der Waals surface area (Å²) in [5.74, 6) is 1.94. The summed E-state index contributed by atoms with van der Waals surface area (Å²) in [6.07, 6.45) is 0.530. The lowest BCUT2D eigenvalue weighted by atomic mass is 10.00. The third-order valence-corrected chi connectivity index (χ3v) is 4.68. The van der Waals surface area contributed by atoms with Crippen molar-refractivity contribution in [3.05, 3.63) is 34.6 Å². The number of benzene rings is 1. The van der Waals surface area contributed by atoms with Gasteiger partial charge in [0, 0.05) is 35.2 Å². The van der Waals surface area contributed by atoms with Crippen LogP contribution in [0.1, 0.15) is 5.56 Å². The van der Waals surface area contributed by atoms with E-state index in [9.17, 15) is 4.39 Å². The Bertz CT molecular complexity index is 416. The summed E-state index contributed by atoms with van der Waals surface area (Å²) in [6.45, 7) is 1.04. The van der Waals surface area contributed by atoms with Gasteiger partial charge in [0.2, 0.25) is 0 Å². The summed E-state index contributed by atoms with van der Waals surface area (Å²) >= 11 is 7.80. The van der Waals surface area contributed by atoms with Crippen molar-refractivity contribution >= 4 is 23.4 Å². The fourth-order valence-corrected chi connectivity index (χ4v) is 3.77. The van der Waals surface area contributed by atoms with Gasteiger partial charge < -0.3 is 10.6 Å². The van der Waals surface area contributed by atoms with E-state index in [4.69, 9.17) is 17.3 Å². The highest BCUT2D eigenvalue weighted by atomic mass is 35.5. The van der Waals surface area contributed by atoms with E-state index < -0.39 is 0 Å². The Morgan fingerprint density at radius 2 is 2.39 bits per heavy atom. The monoisotopic (exact) mass is 288 g/mol. The molecule has 1 aromatic carbocycles.